The molecule has 0 amide bonds. The Bertz CT molecular complexity index is 1060. The molecule has 2 N–H and O–H groups in total. The predicted octanol–water partition coefficient (Wildman–Crippen LogP) is 4.72. The Kier molecular flexibility index (Phi) is 7.08. The third-order valence-electron chi connectivity index (χ3n) is 7.40. The first-order valence-electron chi connectivity index (χ1n) is 11.6. The number of nitrogens with one attached hydrogen (secondary N) is 1. The third-order valence-corrected chi connectivity index (χ3v) is 7.64. The normalized spacial score (nSPS) is 25.1. The van der Waals surface area contributed by atoms with E-state index in [2.05, 4.69) is 10.2 Å². The van der Waals surface area contributed by atoms with E-state index in [-0.39, 0.29) is 35.6 Å². The van der Waals surface area contributed by atoms with Gasteiger partial charge in [0.1, 0.15) is 5.54 Å². The number of carbonyl (C=O) groups excluding carboxylic acids is 1. The van der Waals surface area contributed by atoms with Crippen molar-refractivity contribution in [1.29, 1.82) is 0 Å². The van der Waals surface area contributed by atoms with E-state index in [1.54, 1.807) is 18.2 Å². The second-order valence-electron chi connectivity index (χ2n) is 9.55. The molecular weight excluding hydrogens is 459 g/mol. The summed E-state index contributed by atoms with van der Waals surface area (Å²) in [6.45, 7) is 3.33. The minimum Gasteiger partial charge on any atom is -0.494 e. The summed E-state index contributed by atoms with van der Waals surface area (Å²) in [5.41, 5.74) is 1.45. The SMILES string of the molecule is COC(=O)C1(Nc2cccc(Cl)c2)CCC2(CC1)c1cc(OC)c(F)cc1CN2C[C@@H](C)CO. The predicted molar refractivity (Wildman–Crippen MR) is 130 cm³/mol. The maximum Gasteiger partial charge on any atom is 0.331 e. The molecule has 1 saturated carbocycles. The molecule has 1 fully saturated rings. The van der Waals surface area contributed by atoms with Crippen molar-refractivity contribution in [2.24, 2.45) is 5.92 Å². The van der Waals surface area contributed by atoms with Crippen molar-refractivity contribution in [3.63, 3.8) is 0 Å². The molecule has 1 heterocycles. The summed E-state index contributed by atoms with van der Waals surface area (Å²) in [6, 6.07) is 10.7. The number of rotatable bonds is 7. The lowest BCUT2D eigenvalue weighted by Crippen LogP contribution is -2.56. The third kappa shape index (κ3) is 4.37. The van der Waals surface area contributed by atoms with E-state index in [0.717, 1.165) is 16.8 Å². The molecule has 1 atom stereocenters. The molecule has 0 unspecified atom stereocenters. The molecule has 0 bridgehead atoms. The van der Waals surface area contributed by atoms with Crippen LogP contribution in [0, 0.1) is 11.7 Å². The Morgan fingerprint density at radius 1 is 1.24 bits per heavy atom. The first kappa shape index (κ1) is 24.8. The molecule has 34 heavy (non-hydrogen) atoms. The van der Waals surface area contributed by atoms with Gasteiger partial charge in [-0.1, -0.05) is 24.6 Å². The van der Waals surface area contributed by atoms with E-state index in [9.17, 15) is 14.3 Å². The van der Waals surface area contributed by atoms with Gasteiger partial charge in [-0.3, -0.25) is 4.90 Å². The molecule has 2 aromatic rings. The van der Waals surface area contributed by atoms with Gasteiger partial charge in [0.25, 0.3) is 0 Å². The van der Waals surface area contributed by atoms with Crippen LogP contribution >= 0.6 is 11.6 Å². The van der Waals surface area contributed by atoms with Crippen molar-refractivity contribution in [1.82, 2.24) is 4.90 Å². The average Bonchev–Trinajstić information content (AvgIpc) is 3.10. The van der Waals surface area contributed by atoms with E-state index < -0.39 is 5.54 Å². The quantitative estimate of drug-likeness (QED) is 0.547. The molecule has 184 valence electrons. The number of carbonyl (C=O) groups is 1. The van der Waals surface area contributed by atoms with Gasteiger partial charge in [-0.15, -0.1) is 0 Å². The lowest BCUT2D eigenvalue weighted by molar-refractivity contribution is -0.148. The number of anilines is 1. The standard InChI is InChI=1S/C26H32ClFN2O4/c1-17(16-31)14-30-15-18-11-22(28)23(33-2)13-21(18)26(30)9-7-25(8-10-26,24(32)34-3)29-20-6-4-5-19(27)12-20/h4-6,11-13,17,29,31H,7-10,14-16H2,1-3H3/t17-,25?,26?/m1/s1. The zero-order valence-corrected chi connectivity index (χ0v) is 20.6. The highest BCUT2D eigenvalue weighted by Gasteiger charge is 2.54. The van der Waals surface area contributed by atoms with Gasteiger partial charge in [-0.2, -0.15) is 0 Å². The van der Waals surface area contributed by atoms with Crippen LogP contribution in [0.15, 0.2) is 36.4 Å². The highest BCUT2D eigenvalue weighted by atomic mass is 35.5. The van der Waals surface area contributed by atoms with Gasteiger partial charge in [0.2, 0.25) is 0 Å². The number of aliphatic hydroxyl groups is 1. The lowest BCUT2D eigenvalue weighted by atomic mass is 9.68. The Balaban J connectivity index is 1.70. The van der Waals surface area contributed by atoms with Crippen molar-refractivity contribution in [3.8, 4) is 5.75 Å². The number of hydrogen-bond acceptors (Lipinski definition) is 6. The van der Waals surface area contributed by atoms with Gasteiger partial charge < -0.3 is 19.9 Å². The van der Waals surface area contributed by atoms with Crippen LogP contribution in [-0.2, 0) is 21.6 Å². The van der Waals surface area contributed by atoms with E-state index in [1.807, 2.05) is 25.1 Å². The van der Waals surface area contributed by atoms with Crippen LogP contribution in [0.5, 0.6) is 5.75 Å². The zero-order chi connectivity index (χ0) is 24.5. The van der Waals surface area contributed by atoms with E-state index >= 15 is 0 Å². The first-order chi connectivity index (χ1) is 16.3. The van der Waals surface area contributed by atoms with Gasteiger partial charge in [0.05, 0.1) is 14.2 Å². The number of halogens is 2. The van der Waals surface area contributed by atoms with E-state index in [0.29, 0.717) is 43.8 Å². The van der Waals surface area contributed by atoms with Crippen LogP contribution in [0.1, 0.15) is 43.7 Å². The molecule has 6 nitrogen and oxygen atoms in total. The summed E-state index contributed by atoms with van der Waals surface area (Å²) in [7, 11) is 2.87. The molecule has 4 rings (SSSR count). The summed E-state index contributed by atoms with van der Waals surface area (Å²) in [4.78, 5) is 15.4. The fourth-order valence-electron chi connectivity index (χ4n) is 5.61. The number of ether oxygens (including phenoxy) is 2. The summed E-state index contributed by atoms with van der Waals surface area (Å²) >= 11 is 6.17. The van der Waals surface area contributed by atoms with Crippen LogP contribution in [0.4, 0.5) is 10.1 Å². The van der Waals surface area contributed by atoms with Gasteiger partial charge in [0, 0.05) is 35.9 Å². The molecule has 0 radical (unpaired) electrons. The largest absolute Gasteiger partial charge is 0.494 e. The number of nitrogens with zero attached hydrogens (tertiary/aromatic N) is 1. The smallest absolute Gasteiger partial charge is 0.331 e. The maximum absolute atomic E-state index is 14.5. The Labute approximate surface area is 205 Å². The van der Waals surface area contributed by atoms with Crippen LogP contribution < -0.4 is 10.1 Å². The van der Waals surface area contributed by atoms with Crippen LogP contribution in [0.25, 0.3) is 0 Å². The molecule has 1 spiro atoms. The number of fused-ring (bicyclic) bond motifs is 2. The Morgan fingerprint density at radius 3 is 2.59 bits per heavy atom. The second kappa shape index (κ2) is 9.72. The van der Waals surface area contributed by atoms with Crippen molar-refractivity contribution >= 4 is 23.3 Å². The highest BCUT2D eigenvalue weighted by molar-refractivity contribution is 6.30. The second-order valence-corrected chi connectivity index (χ2v) is 9.99. The van der Waals surface area contributed by atoms with Gasteiger partial charge in [-0.25, -0.2) is 9.18 Å². The zero-order valence-electron chi connectivity index (χ0n) is 19.9. The van der Waals surface area contributed by atoms with Gasteiger partial charge >= 0.3 is 5.97 Å². The number of esters is 1. The number of hydrogen-bond donors (Lipinski definition) is 2. The Hall–Kier alpha value is -2.35. The van der Waals surface area contributed by atoms with Crippen LogP contribution in [0.3, 0.4) is 0 Å². The van der Waals surface area contributed by atoms with E-state index in [1.165, 1.54) is 14.2 Å². The minimum absolute atomic E-state index is 0.0646. The lowest BCUT2D eigenvalue weighted by Gasteiger charge is -2.49. The highest BCUT2D eigenvalue weighted by Crippen LogP contribution is 2.53. The molecule has 0 saturated heterocycles. The fraction of sp³-hybridized carbons (Fsp3) is 0.500. The van der Waals surface area contributed by atoms with Crippen molar-refractivity contribution in [2.75, 3.05) is 32.7 Å². The van der Waals surface area contributed by atoms with Crippen molar-refractivity contribution in [2.45, 2.75) is 50.2 Å². The molecule has 8 heteroatoms. The maximum atomic E-state index is 14.5. The van der Waals surface area contributed by atoms with Crippen LogP contribution in [0.2, 0.25) is 5.02 Å². The Morgan fingerprint density at radius 2 is 1.97 bits per heavy atom. The topological polar surface area (TPSA) is 71.0 Å². The minimum atomic E-state index is -0.897. The molecule has 0 aromatic heterocycles. The van der Waals surface area contributed by atoms with Crippen LogP contribution in [-0.4, -0.2) is 48.9 Å². The molecule has 1 aliphatic heterocycles. The van der Waals surface area contributed by atoms with Crippen molar-refractivity contribution in [3.05, 3.63) is 58.4 Å². The number of benzene rings is 2. The monoisotopic (exact) mass is 490 g/mol. The summed E-state index contributed by atoms with van der Waals surface area (Å²) in [6.07, 6.45) is 2.37. The fourth-order valence-corrected chi connectivity index (χ4v) is 5.80. The van der Waals surface area contributed by atoms with Crippen molar-refractivity contribution < 1.29 is 23.8 Å². The number of methoxy groups -OCH3 is 2. The summed E-state index contributed by atoms with van der Waals surface area (Å²) < 4.78 is 25.1. The number of aliphatic hydroxyl groups excluding tert-OH is 1. The van der Waals surface area contributed by atoms with Gasteiger partial charge in [0.15, 0.2) is 11.6 Å². The molecule has 2 aromatic carbocycles. The summed E-state index contributed by atoms with van der Waals surface area (Å²) in [5.74, 6) is -0.407. The molecule has 2 aliphatic rings. The molecule has 1 aliphatic carbocycles. The van der Waals surface area contributed by atoms with E-state index in [4.69, 9.17) is 21.1 Å². The summed E-state index contributed by atoms with van der Waals surface area (Å²) in [5, 5.41) is 13.7. The average molecular weight is 491 g/mol. The molecular formula is C26H32ClFN2O4. The van der Waals surface area contributed by atoms with Gasteiger partial charge in [-0.05, 0) is 73.1 Å². The first-order valence-corrected chi connectivity index (χ1v) is 12.0.